The van der Waals surface area contributed by atoms with E-state index in [4.69, 9.17) is 15.5 Å². The minimum Gasteiger partial charge on any atom is -0.494 e. The van der Waals surface area contributed by atoms with Crippen molar-refractivity contribution >= 4 is 29.3 Å². The number of allylic oxidation sites excluding steroid dienone is 1. The molecule has 0 spiro atoms. The lowest BCUT2D eigenvalue weighted by atomic mass is 9.91. The summed E-state index contributed by atoms with van der Waals surface area (Å²) < 4.78 is 5.60. The largest absolute Gasteiger partial charge is 0.494 e. The van der Waals surface area contributed by atoms with Gasteiger partial charge in [0.05, 0.1) is 18.2 Å². The van der Waals surface area contributed by atoms with Gasteiger partial charge in [0.15, 0.2) is 5.84 Å². The number of rotatable bonds is 5. The maximum Gasteiger partial charge on any atom is 0.251 e. The second-order valence-corrected chi connectivity index (χ2v) is 12.5. The topological polar surface area (TPSA) is 113 Å². The molecule has 1 saturated heterocycles. The molecule has 9 nitrogen and oxygen atoms in total. The quantitative estimate of drug-likeness (QED) is 0.412. The fraction of sp³-hybridized carbons (Fsp3) is 0.613. The van der Waals surface area contributed by atoms with Crippen LogP contribution in [0.1, 0.15) is 82.5 Å². The number of guanidine groups is 1. The summed E-state index contributed by atoms with van der Waals surface area (Å²) >= 11 is 0. The molecule has 40 heavy (non-hydrogen) atoms. The highest BCUT2D eigenvalue weighted by molar-refractivity contribution is 6.09. The van der Waals surface area contributed by atoms with Gasteiger partial charge in [0.1, 0.15) is 11.4 Å². The summed E-state index contributed by atoms with van der Waals surface area (Å²) in [7, 11) is 3.35. The van der Waals surface area contributed by atoms with E-state index >= 15 is 0 Å². The van der Waals surface area contributed by atoms with Crippen LogP contribution < -0.4 is 15.8 Å². The van der Waals surface area contributed by atoms with E-state index in [-0.39, 0.29) is 23.8 Å². The summed E-state index contributed by atoms with van der Waals surface area (Å²) in [4.78, 5) is 39.7. The van der Waals surface area contributed by atoms with E-state index in [1.54, 1.807) is 37.3 Å². The summed E-state index contributed by atoms with van der Waals surface area (Å²) in [6.45, 7) is 6.44. The van der Waals surface area contributed by atoms with Crippen molar-refractivity contribution in [2.45, 2.75) is 84.2 Å². The Morgan fingerprint density at radius 3 is 2.55 bits per heavy atom. The SMILES string of the molecule is CC=C1C(=NC(N)=Nc2ccc(C(=O)NC3CC4CCC3C4)cc2OC)N(C2CCCC2)CC(C)(C)C(=O)N1C. The standard InChI is InChI=1S/C31H44N6O3/c1-6-25-27(37(22-9-7-8-10-22)18-31(2,3)29(39)36(25)4)35-30(32)34-23-14-13-21(17-26(23)40-5)28(38)33-24-16-19-11-12-20(24)15-19/h6,13-14,17,19-20,22,24H,7-12,15-16,18H2,1-5H3,(H2,32,34)(H,33,38). The Balaban J connectivity index is 1.43. The van der Waals surface area contributed by atoms with Crippen molar-refractivity contribution in [1.29, 1.82) is 0 Å². The molecule has 3 aliphatic carbocycles. The van der Waals surface area contributed by atoms with Crippen LogP contribution in [0.15, 0.2) is 40.0 Å². The Hall–Kier alpha value is -3.36. The van der Waals surface area contributed by atoms with Crippen molar-refractivity contribution in [2.75, 3.05) is 20.7 Å². The molecule has 0 aromatic heterocycles. The van der Waals surface area contributed by atoms with Crippen molar-refractivity contribution < 1.29 is 14.3 Å². The van der Waals surface area contributed by atoms with E-state index in [2.05, 4.69) is 15.2 Å². The van der Waals surface area contributed by atoms with E-state index in [1.165, 1.54) is 19.3 Å². The summed E-state index contributed by atoms with van der Waals surface area (Å²) in [6, 6.07) is 5.78. The molecule has 9 heteroatoms. The zero-order chi connectivity index (χ0) is 28.6. The summed E-state index contributed by atoms with van der Waals surface area (Å²) in [6.07, 6.45) is 11.2. The number of carbonyl (C=O) groups excluding carboxylic acids is 2. The lowest BCUT2D eigenvalue weighted by Crippen LogP contribution is -2.45. The number of amidine groups is 1. The minimum atomic E-state index is -0.577. The van der Waals surface area contributed by atoms with Crippen LogP contribution in [-0.2, 0) is 4.79 Å². The molecular weight excluding hydrogens is 504 g/mol. The molecule has 3 unspecified atom stereocenters. The monoisotopic (exact) mass is 548 g/mol. The first-order valence-corrected chi connectivity index (χ1v) is 14.7. The maximum absolute atomic E-state index is 13.3. The smallest absolute Gasteiger partial charge is 0.251 e. The van der Waals surface area contributed by atoms with Gasteiger partial charge in [-0.1, -0.05) is 25.3 Å². The number of hydrogen-bond donors (Lipinski definition) is 2. The van der Waals surface area contributed by atoms with Crippen molar-refractivity contribution in [3.05, 3.63) is 35.5 Å². The molecule has 2 bridgehead atoms. The van der Waals surface area contributed by atoms with Crippen molar-refractivity contribution in [3.63, 3.8) is 0 Å². The first-order valence-electron chi connectivity index (χ1n) is 14.7. The van der Waals surface area contributed by atoms with E-state index in [0.717, 1.165) is 43.7 Å². The molecular formula is C31H44N6O3. The molecule has 3 atom stereocenters. The Morgan fingerprint density at radius 2 is 1.93 bits per heavy atom. The van der Waals surface area contributed by atoms with E-state index in [0.29, 0.717) is 41.3 Å². The Labute approximate surface area is 237 Å². The lowest BCUT2D eigenvalue weighted by molar-refractivity contribution is -0.136. The summed E-state index contributed by atoms with van der Waals surface area (Å²) in [5.74, 6) is 2.51. The second-order valence-electron chi connectivity index (χ2n) is 12.5. The number of benzene rings is 1. The van der Waals surface area contributed by atoms with Gasteiger partial charge in [-0.15, -0.1) is 0 Å². The molecule has 5 rings (SSSR count). The third-order valence-electron chi connectivity index (χ3n) is 9.30. The molecule has 1 heterocycles. The van der Waals surface area contributed by atoms with Crippen LogP contribution in [-0.4, -0.2) is 66.2 Å². The van der Waals surface area contributed by atoms with Gasteiger partial charge in [0, 0.05) is 31.2 Å². The zero-order valence-electron chi connectivity index (χ0n) is 24.6. The number of amides is 2. The summed E-state index contributed by atoms with van der Waals surface area (Å²) in [5, 5.41) is 3.23. The van der Waals surface area contributed by atoms with E-state index in [1.807, 2.05) is 26.8 Å². The number of methoxy groups -OCH3 is 1. The number of nitrogens with two attached hydrogens (primary N) is 1. The number of hydrogen-bond acceptors (Lipinski definition) is 4. The van der Waals surface area contributed by atoms with Crippen LogP contribution in [0.2, 0.25) is 0 Å². The molecule has 1 aliphatic heterocycles. The third kappa shape index (κ3) is 5.47. The van der Waals surface area contributed by atoms with Gasteiger partial charge in [0.2, 0.25) is 11.9 Å². The van der Waals surface area contributed by atoms with Gasteiger partial charge in [0.25, 0.3) is 5.91 Å². The zero-order valence-corrected chi connectivity index (χ0v) is 24.6. The lowest BCUT2D eigenvalue weighted by Gasteiger charge is -2.34. The normalized spacial score (nSPS) is 29.0. The van der Waals surface area contributed by atoms with Crippen molar-refractivity contribution in [3.8, 4) is 5.75 Å². The molecule has 3 saturated carbocycles. The Morgan fingerprint density at radius 1 is 1.18 bits per heavy atom. The highest BCUT2D eigenvalue weighted by Gasteiger charge is 2.43. The molecule has 3 N–H and O–H groups in total. The Kier molecular flexibility index (Phi) is 7.93. The van der Waals surface area contributed by atoms with Crippen LogP contribution in [0.4, 0.5) is 5.69 Å². The van der Waals surface area contributed by atoms with E-state index < -0.39 is 5.41 Å². The first-order chi connectivity index (χ1) is 19.1. The van der Waals surface area contributed by atoms with Crippen LogP contribution in [0, 0.1) is 17.3 Å². The predicted octanol–water partition coefficient (Wildman–Crippen LogP) is 4.60. The van der Waals surface area contributed by atoms with Crippen LogP contribution in [0.5, 0.6) is 5.75 Å². The van der Waals surface area contributed by atoms with Gasteiger partial charge in [-0.05, 0) is 82.9 Å². The fourth-order valence-corrected chi connectivity index (χ4v) is 7.23. The average molecular weight is 549 g/mol. The minimum absolute atomic E-state index is 0.0466. The van der Waals surface area contributed by atoms with E-state index in [9.17, 15) is 9.59 Å². The van der Waals surface area contributed by atoms with Gasteiger partial charge in [-0.25, -0.2) is 4.99 Å². The van der Waals surface area contributed by atoms with Gasteiger partial charge >= 0.3 is 0 Å². The summed E-state index contributed by atoms with van der Waals surface area (Å²) in [5.41, 5.74) is 7.63. The first kappa shape index (κ1) is 28.2. The second kappa shape index (κ2) is 11.3. The van der Waals surface area contributed by atoms with Crippen LogP contribution >= 0.6 is 0 Å². The number of carbonyl (C=O) groups is 2. The van der Waals surface area contributed by atoms with Crippen LogP contribution in [0.3, 0.4) is 0 Å². The number of aliphatic imine (C=N–C) groups is 2. The van der Waals surface area contributed by atoms with Gasteiger partial charge in [-0.2, -0.15) is 4.99 Å². The molecule has 216 valence electrons. The Bertz CT molecular complexity index is 1250. The van der Waals surface area contributed by atoms with Crippen molar-refractivity contribution in [1.82, 2.24) is 15.1 Å². The maximum atomic E-state index is 13.3. The average Bonchev–Trinajstić information content (AvgIpc) is 3.70. The molecule has 1 aromatic rings. The molecule has 0 radical (unpaired) electrons. The number of nitrogens with zero attached hydrogens (tertiary/aromatic N) is 4. The van der Waals surface area contributed by atoms with Gasteiger partial charge in [-0.3, -0.25) is 9.59 Å². The number of likely N-dealkylation sites (N-methyl/N-ethyl adjacent to an activating group) is 1. The number of ether oxygens (including phenoxy) is 1. The third-order valence-corrected chi connectivity index (χ3v) is 9.30. The highest BCUT2D eigenvalue weighted by atomic mass is 16.5. The fourth-order valence-electron chi connectivity index (χ4n) is 7.23. The van der Waals surface area contributed by atoms with Crippen molar-refractivity contribution in [2.24, 2.45) is 33.0 Å². The molecule has 1 aromatic carbocycles. The molecule has 4 aliphatic rings. The predicted molar refractivity (Wildman–Crippen MR) is 158 cm³/mol. The molecule has 2 amide bonds. The highest BCUT2D eigenvalue weighted by Crippen LogP contribution is 2.44. The van der Waals surface area contributed by atoms with Gasteiger partial charge < -0.3 is 25.6 Å². The van der Waals surface area contributed by atoms with Crippen LogP contribution in [0.25, 0.3) is 0 Å². The number of fused-ring (bicyclic) bond motifs is 2. The number of nitrogens with one attached hydrogen (secondary N) is 1. The molecule has 4 fully saturated rings.